The van der Waals surface area contributed by atoms with Crippen molar-refractivity contribution < 1.29 is 9.90 Å². The Balaban J connectivity index is 1.98. The Morgan fingerprint density at radius 1 is 1.35 bits per heavy atom. The molecule has 0 radical (unpaired) electrons. The molecule has 86 valence electrons. The Bertz CT molecular complexity index is 611. The predicted molar refractivity (Wildman–Crippen MR) is 62.2 cm³/mol. The van der Waals surface area contributed by atoms with Gasteiger partial charge in [0.1, 0.15) is 0 Å². The van der Waals surface area contributed by atoms with Crippen LogP contribution in [-0.2, 0) is 4.79 Å². The maximum atomic E-state index is 11.4. The number of hydrogen-bond donors (Lipinski definition) is 2. The topological polar surface area (TPSA) is 77.8 Å². The second-order valence-electron chi connectivity index (χ2n) is 4.18. The van der Waals surface area contributed by atoms with E-state index in [0.29, 0.717) is 5.69 Å². The molecule has 1 aliphatic rings. The first-order chi connectivity index (χ1) is 8.25. The van der Waals surface area contributed by atoms with Crippen LogP contribution in [0.15, 0.2) is 34.5 Å². The zero-order valence-corrected chi connectivity index (χ0v) is 9.05. The van der Waals surface area contributed by atoms with Crippen LogP contribution in [0.4, 0.5) is 5.69 Å². The number of azo groups is 1. The van der Waals surface area contributed by atoms with Gasteiger partial charge in [0.15, 0.2) is 5.69 Å². The van der Waals surface area contributed by atoms with Gasteiger partial charge >= 0.3 is 0 Å². The molecule has 0 bridgehead atoms. The minimum atomic E-state index is -0.199. The van der Waals surface area contributed by atoms with Crippen molar-refractivity contribution in [1.29, 1.82) is 0 Å². The fraction of sp³-hybridized carbons (Fsp3) is 0.250. The molecule has 5 nitrogen and oxygen atoms in total. The Morgan fingerprint density at radius 3 is 2.88 bits per heavy atom. The number of amides is 1. The quantitative estimate of drug-likeness (QED) is 0.776. The summed E-state index contributed by atoms with van der Waals surface area (Å²) in [6.07, 6.45) is 1.80. The second kappa shape index (κ2) is 3.69. The van der Waals surface area contributed by atoms with Crippen LogP contribution in [0.5, 0.6) is 5.88 Å². The van der Waals surface area contributed by atoms with Crippen molar-refractivity contribution in [3.63, 3.8) is 0 Å². The first-order valence-electron chi connectivity index (χ1n) is 5.51. The second-order valence-corrected chi connectivity index (χ2v) is 4.18. The molecule has 1 heterocycles. The van der Waals surface area contributed by atoms with Crippen LogP contribution in [0.25, 0.3) is 10.9 Å². The van der Waals surface area contributed by atoms with Gasteiger partial charge in [-0.1, -0.05) is 18.2 Å². The molecule has 5 heteroatoms. The van der Waals surface area contributed by atoms with E-state index >= 15 is 0 Å². The van der Waals surface area contributed by atoms with Gasteiger partial charge in [-0.3, -0.25) is 4.79 Å². The summed E-state index contributed by atoms with van der Waals surface area (Å²) >= 11 is 0. The van der Waals surface area contributed by atoms with E-state index in [0.717, 1.165) is 23.7 Å². The zero-order valence-electron chi connectivity index (χ0n) is 9.05. The van der Waals surface area contributed by atoms with Gasteiger partial charge < -0.3 is 10.1 Å². The van der Waals surface area contributed by atoms with Gasteiger partial charge in [-0.25, -0.2) is 0 Å². The Kier molecular flexibility index (Phi) is 2.18. The minimum absolute atomic E-state index is 0.0473. The summed E-state index contributed by atoms with van der Waals surface area (Å²) in [5, 5.41) is 17.9. The summed E-state index contributed by atoms with van der Waals surface area (Å²) in [4.78, 5) is 14.2. The number of fused-ring (bicyclic) bond motifs is 1. The largest absolute Gasteiger partial charge is 0.493 e. The van der Waals surface area contributed by atoms with Gasteiger partial charge in [-0.05, 0) is 18.9 Å². The SMILES string of the molecule is O=C(N=Nc1c(O)[nH]c2ccccc12)C1CC1. The van der Waals surface area contributed by atoms with E-state index in [1.165, 1.54) is 0 Å². The monoisotopic (exact) mass is 229 g/mol. The molecule has 1 aromatic carbocycles. The average Bonchev–Trinajstić information content (AvgIpc) is 3.11. The van der Waals surface area contributed by atoms with Crippen LogP contribution < -0.4 is 0 Å². The van der Waals surface area contributed by atoms with Crippen molar-refractivity contribution >= 4 is 22.5 Å². The molecule has 0 aliphatic heterocycles. The average molecular weight is 229 g/mol. The van der Waals surface area contributed by atoms with Gasteiger partial charge in [-0.15, -0.1) is 10.2 Å². The lowest BCUT2D eigenvalue weighted by Gasteiger charge is -1.90. The molecule has 0 atom stereocenters. The zero-order chi connectivity index (χ0) is 11.8. The summed E-state index contributed by atoms with van der Waals surface area (Å²) in [6.45, 7) is 0. The van der Waals surface area contributed by atoms with Crippen molar-refractivity contribution in [2.24, 2.45) is 16.1 Å². The standard InChI is InChI=1S/C12H11N3O2/c16-11(7-5-6-7)15-14-10-8-3-1-2-4-9(8)13-12(10)17/h1-4,7,13,17H,5-6H2. The van der Waals surface area contributed by atoms with Crippen LogP contribution in [0.1, 0.15) is 12.8 Å². The first-order valence-corrected chi connectivity index (χ1v) is 5.51. The third-order valence-electron chi connectivity index (χ3n) is 2.83. The lowest BCUT2D eigenvalue weighted by Crippen LogP contribution is -1.92. The summed E-state index contributed by atoms with van der Waals surface area (Å²) in [6, 6.07) is 7.35. The molecule has 2 N–H and O–H groups in total. The summed E-state index contributed by atoms with van der Waals surface area (Å²) in [5.41, 5.74) is 1.10. The number of benzene rings is 1. The number of aromatic amines is 1. The van der Waals surface area contributed by atoms with Gasteiger partial charge in [0.25, 0.3) is 5.91 Å². The van der Waals surface area contributed by atoms with Crippen molar-refractivity contribution in [2.75, 3.05) is 0 Å². The van der Waals surface area contributed by atoms with Crippen LogP contribution >= 0.6 is 0 Å². The van der Waals surface area contributed by atoms with Crippen molar-refractivity contribution in [2.45, 2.75) is 12.8 Å². The van der Waals surface area contributed by atoms with Gasteiger partial charge in [0.2, 0.25) is 5.88 Å². The van der Waals surface area contributed by atoms with E-state index < -0.39 is 0 Å². The fourth-order valence-electron chi connectivity index (χ4n) is 1.73. The highest BCUT2D eigenvalue weighted by atomic mass is 16.3. The Labute approximate surface area is 97.2 Å². The summed E-state index contributed by atoms with van der Waals surface area (Å²) < 4.78 is 0. The number of rotatable bonds is 2. The highest BCUT2D eigenvalue weighted by molar-refractivity contribution is 5.94. The maximum absolute atomic E-state index is 11.4. The third kappa shape index (κ3) is 1.80. The molecule has 0 spiro atoms. The molecule has 1 aliphatic carbocycles. The molecule has 0 saturated heterocycles. The van der Waals surface area contributed by atoms with Crippen molar-refractivity contribution in [3.05, 3.63) is 24.3 Å². The summed E-state index contributed by atoms with van der Waals surface area (Å²) in [7, 11) is 0. The molecule has 17 heavy (non-hydrogen) atoms. The van der Waals surface area contributed by atoms with E-state index in [2.05, 4.69) is 15.2 Å². The maximum Gasteiger partial charge on any atom is 0.267 e. The minimum Gasteiger partial charge on any atom is -0.493 e. The number of hydrogen-bond acceptors (Lipinski definition) is 3. The summed E-state index contributed by atoms with van der Waals surface area (Å²) in [5.74, 6) is -0.209. The van der Waals surface area contributed by atoms with Crippen LogP contribution in [0.2, 0.25) is 0 Å². The number of carbonyl (C=O) groups is 1. The number of nitrogens with zero attached hydrogens (tertiary/aromatic N) is 2. The van der Waals surface area contributed by atoms with E-state index in [1.54, 1.807) is 0 Å². The third-order valence-corrected chi connectivity index (χ3v) is 2.83. The number of aromatic nitrogens is 1. The van der Waals surface area contributed by atoms with E-state index in [1.807, 2.05) is 24.3 Å². The van der Waals surface area contributed by atoms with Crippen molar-refractivity contribution in [1.82, 2.24) is 4.98 Å². The van der Waals surface area contributed by atoms with Gasteiger partial charge in [0, 0.05) is 11.3 Å². The molecule has 1 saturated carbocycles. The molecule has 1 fully saturated rings. The van der Waals surface area contributed by atoms with E-state index in [-0.39, 0.29) is 17.7 Å². The molecular formula is C12H11N3O2. The predicted octanol–water partition coefficient (Wildman–Crippen LogP) is 2.89. The Morgan fingerprint density at radius 2 is 2.12 bits per heavy atom. The highest BCUT2D eigenvalue weighted by Gasteiger charge is 2.29. The van der Waals surface area contributed by atoms with E-state index in [9.17, 15) is 9.90 Å². The molecule has 1 amide bonds. The number of aromatic hydroxyl groups is 1. The number of carbonyl (C=O) groups excluding carboxylic acids is 1. The molecule has 0 unspecified atom stereocenters. The fourth-order valence-corrected chi connectivity index (χ4v) is 1.73. The smallest absolute Gasteiger partial charge is 0.267 e. The number of para-hydroxylation sites is 1. The van der Waals surface area contributed by atoms with Crippen molar-refractivity contribution in [3.8, 4) is 5.88 Å². The van der Waals surface area contributed by atoms with E-state index in [4.69, 9.17) is 0 Å². The normalized spacial score (nSPS) is 15.8. The molecular weight excluding hydrogens is 218 g/mol. The first kappa shape index (κ1) is 10.0. The van der Waals surface area contributed by atoms with Gasteiger partial charge in [0.05, 0.1) is 5.52 Å². The van der Waals surface area contributed by atoms with Crippen LogP contribution in [0.3, 0.4) is 0 Å². The highest BCUT2D eigenvalue weighted by Crippen LogP contribution is 2.36. The lowest BCUT2D eigenvalue weighted by atomic mass is 10.2. The number of H-pyrrole nitrogens is 1. The number of nitrogens with one attached hydrogen (secondary N) is 1. The Hall–Kier alpha value is -2.17. The lowest BCUT2D eigenvalue weighted by molar-refractivity contribution is -0.119. The molecule has 2 aromatic rings. The van der Waals surface area contributed by atoms with Crippen LogP contribution in [0, 0.1) is 5.92 Å². The van der Waals surface area contributed by atoms with Gasteiger partial charge in [-0.2, -0.15) is 0 Å². The molecule has 3 rings (SSSR count). The van der Waals surface area contributed by atoms with Crippen LogP contribution in [-0.4, -0.2) is 16.0 Å². The molecule has 1 aromatic heterocycles.